The minimum Gasteiger partial charge on any atom is -0.506 e. The number of phenols is 1. The van der Waals surface area contributed by atoms with Crippen LogP contribution >= 0.6 is 44.3 Å². The van der Waals surface area contributed by atoms with E-state index in [9.17, 15) is 5.11 Å². The average molecular weight is 331 g/mol. The number of benzene rings is 1. The highest BCUT2D eigenvalue weighted by Crippen LogP contribution is 2.34. The number of rotatable bonds is 1. The van der Waals surface area contributed by atoms with Crippen LogP contribution in [0, 0.1) is 0 Å². The third kappa shape index (κ3) is 3.13. The lowest BCUT2D eigenvalue weighted by Crippen LogP contribution is -2.05. The first-order valence-corrected chi connectivity index (χ1v) is 5.04. The molecule has 3 N–H and O–H groups in total. The number of phenolic OH excluding ortho intramolecular Hbond substituents is 1. The summed E-state index contributed by atoms with van der Waals surface area (Å²) in [5, 5.41) is 9.54. The average Bonchev–Trinajstić information content (AvgIpc) is 1.96. The van der Waals surface area contributed by atoms with Crippen LogP contribution in [-0.2, 0) is 0 Å². The fraction of sp³-hybridized carbons (Fsp3) is 0.250. The summed E-state index contributed by atoms with van der Waals surface area (Å²) < 4.78 is 1.56. The molecule has 0 aromatic heterocycles. The van der Waals surface area contributed by atoms with Crippen molar-refractivity contribution in [1.29, 1.82) is 0 Å². The summed E-state index contributed by atoms with van der Waals surface area (Å²) in [5.74, 6) is 0.216. The van der Waals surface area contributed by atoms with Crippen molar-refractivity contribution in [2.75, 3.05) is 0 Å². The second-order valence-electron chi connectivity index (χ2n) is 2.61. The second-order valence-corrected chi connectivity index (χ2v) is 4.38. The maximum atomic E-state index is 9.54. The first-order chi connectivity index (χ1) is 5.52. The molecule has 1 atom stereocenters. The first kappa shape index (κ1) is 13.2. The van der Waals surface area contributed by atoms with Gasteiger partial charge in [0.15, 0.2) is 0 Å². The van der Waals surface area contributed by atoms with Gasteiger partial charge in [-0.25, -0.2) is 0 Å². The van der Waals surface area contributed by atoms with Crippen LogP contribution in [0.5, 0.6) is 5.75 Å². The van der Waals surface area contributed by atoms with Crippen LogP contribution < -0.4 is 5.73 Å². The van der Waals surface area contributed by atoms with Crippen molar-refractivity contribution in [3.05, 3.63) is 26.6 Å². The summed E-state index contributed by atoms with van der Waals surface area (Å²) in [4.78, 5) is 0. The quantitative estimate of drug-likeness (QED) is 0.829. The normalized spacial score (nSPS) is 12.0. The van der Waals surface area contributed by atoms with Gasteiger partial charge in [-0.2, -0.15) is 0 Å². The molecule has 0 spiro atoms. The summed E-state index contributed by atoms with van der Waals surface area (Å²) in [6.45, 7) is 1.83. The molecule has 5 heteroatoms. The zero-order valence-electron chi connectivity index (χ0n) is 6.92. The van der Waals surface area contributed by atoms with Crippen molar-refractivity contribution in [1.82, 2.24) is 0 Å². The molecule has 13 heavy (non-hydrogen) atoms. The Morgan fingerprint density at radius 3 is 2.38 bits per heavy atom. The molecule has 0 amide bonds. The lowest BCUT2D eigenvalue weighted by Gasteiger charge is -2.10. The molecular formula is C8H10Br2ClNO. The van der Waals surface area contributed by atoms with E-state index in [0.717, 1.165) is 10.0 Å². The molecule has 74 valence electrons. The monoisotopic (exact) mass is 329 g/mol. The molecule has 1 aromatic carbocycles. The van der Waals surface area contributed by atoms with Gasteiger partial charge in [-0.05, 0) is 35.0 Å². The van der Waals surface area contributed by atoms with Gasteiger partial charge in [-0.15, -0.1) is 12.4 Å². The Labute approximate surface area is 100 Å². The van der Waals surface area contributed by atoms with Crippen LogP contribution in [0.15, 0.2) is 21.1 Å². The topological polar surface area (TPSA) is 46.2 Å². The van der Waals surface area contributed by atoms with E-state index in [1.165, 1.54) is 0 Å². The zero-order valence-corrected chi connectivity index (χ0v) is 10.9. The van der Waals surface area contributed by atoms with E-state index in [1.807, 2.05) is 13.0 Å². The van der Waals surface area contributed by atoms with E-state index in [0.29, 0.717) is 4.47 Å². The lowest BCUT2D eigenvalue weighted by atomic mass is 10.1. The van der Waals surface area contributed by atoms with Gasteiger partial charge >= 0.3 is 0 Å². The van der Waals surface area contributed by atoms with Crippen LogP contribution in [0.2, 0.25) is 0 Å². The van der Waals surface area contributed by atoms with Gasteiger partial charge in [0.1, 0.15) is 5.75 Å². The van der Waals surface area contributed by atoms with Crippen molar-refractivity contribution in [3.63, 3.8) is 0 Å². The molecule has 0 saturated carbocycles. The largest absolute Gasteiger partial charge is 0.506 e. The third-order valence-corrected chi connectivity index (χ3v) is 2.61. The molecule has 2 nitrogen and oxygen atoms in total. The van der Waals surface area contributed by atoms with Gasteiger partial charge in [0.25, 0.3) is 0 Å². The molecule has 1 rings (SSSR count). The molecular weight excluding hydrogens is 321 g/mol. The Hall–Kier alpha value is 0.230. The van der Waals surface area contributed by atoms with Gasteiger partial charge in [-0.1, -0.05) is 15.9 Å². The van der Waals surface area contributed by atoms with Gasteiger partial charge in [0.05, 0.1) is 4.47 Å². The number of hydrogen-bond donors (Lipinski definition) is 2. The van der Waals surface area contributed by atoms with Crippen molar-refractivity contribution in [3.8, 4) is 5.75 Å². The lowest BCUT2D eigenvalue weighted by molar-refractivity contribution is 0.460. The van der Waals surface area contributed by atoms with Crippen LogP contribution in [0.4, 0.5) is 0 Å². The number of halogens is 3. The Bertz CT molecular complexity index is 304. The fourth-order valence-corrected chi connectivity index (χ4v) is 2.19. The molecule has 0 aliphatic carbocycles. The van der Waals surface area contributed by atoms with Crippen molar-refractivity contribution in [2.24, 2.45) is 5.73 Å². The van der Waals surface area contributed by atoms with E-state index in [1.54, 1.807) is 6.07 Å². The van der Waals surface area contributed by atoms with E-state index in [4.69, 9.17) is 5.73 Å². The number of nitrogens with two attached hydrogens (primary N) is 1. The Balaban J connectivity index is 0.00000144. The Morgan fingerprint density at radius 2 is 1.92 bits per heavy atom. The molecule has 0 heterocycles. The smallest absolute Gasteiger partial charge is 0.134 e. The van der Waals surface area contributed by atoms with Crippen molar-refractivity contribution >= 4 is 44.3 Å². The number of aromatic hydroxyl groups is 1. The summed E-state index contributed by atoms with van der Waals surface area (Å²) in [6.07, 6.45) is 0. The van der Waals surface area contributed by atoms with Crippen LogP contribution in [-0.4, -0.2) is 5.11 Å². The standard InChI is InChI=1S/C8H9Br2NO.ClH/c1-4(11)6-2-5(9)3-7(10)8(6)12;/h2-4,12H,11H2,1H3;1H/t4-;/m0./s1. The minimum atomic E-state index is -0.168. The highest BCUT2D eigenvalue weighted by Gasteiger charge is 2.10. The predicted octanol–water partition coefficient (Wildman–Crippen LogP) is 3.36. The predicted molar refractivity (Wildman–Crippen MR) is 63.4 cm³/mol. The summed E-state index contributed by atoms with van der Waals surface area (Å²) in [5.41, 5.74) is 6.38. The fourth-order valence-electron chi connectivity index (χ4n) is 0.933. The molecule has 0 fully saturated rings. The molecule has 0 aliphatic heterocycles. The third-order valence-electron chi connectivity index (χ3n) is 1.55. The van der Waals surface area contributed by atoms with E-state index in [-0.39, 0.29) is 24.2 Å². The van der Waals surface area contributed by atoms with Crippen LogP contribution in [0.1, 0.15) is 18.5 Å². The SMILES string of the molecule is C[C@H](N)c1cc(Br)cc(Br)c1O.Cl. The van der Waals surface area contributed by atoms with Gasteiger partial charge in [0.2, 0.25) is 0 Å². The maximum absolute atomic E-state index is 9.54. The Morgan fingerprint density at radius 1 is 1.38 bits per heavy atom. The second kappa shape index (κ2) is 5.20. The zero-order chi connectivity index (χ0) is 9.30. The molecule has 0 unspecified atom stereocenters. The van der Waals surface area contributed by atoms with E-state index < -0.39 is 0 Å². The van der Waals surface area contributed by atoms with E-state index in [2.05, 4.69) is 31.9 Å². The van der Waals surface area contributed by atoms with Crippen molar-refractivity contribution in [2.45, 2.75) is 13.0 Å². The highest BCUT2D eigenvalue weighted by molar-refractivity contribution is 9.11. The summed E-state index contributed by atoms with van der Waals surface area (Å²) in [6, 6.07) is 3.42. The summed E-state index contributed by atoms with van der Waals surface area (Å²) in [7, 11) is 0. The molecule has 0 radical (unpaired) electrons. The van der Waals surface area contributed by atoms with Gasteiger partial charge in [-0.3, -0.25) is 0 Å². The maximum Gasteiger partial charge on any atom is 0.134 e. The molecule has 1 aromatic rings. The number of hydrogen-bond acceptors (Lipinski definition) is 2. The van der Waals surface area contributed by atoms with Crippen LogP contribution in [0.25, 0.3) is 0 Å². The first-order valence-electron chi connectivity index (χ1n) is 3.46. The van der Waals surface area contributed by atoms with Gasteiger partial charge < -0.3 is 10.8 Å². The molecule has 0 saturated heterocycles. The minimum absolute atomic E-state index is 0. The van der Waals surface area contributed by atoms with Crippen LogP contribution in [0.3, 0.4) is 0 Å². The summed E-state index contributed by atoms with van der Waals surface area (Å²) >= 11 is 6.55. The van der Waals surface area contributed by atoms with Gasteiger partial charge in [0, 0.05) is 16.1 Å². The Kier molecular flexibility index (Phi) is 5.29. The van der Waals surface area contributed by atoms with Crippen molar-refractivity contribution < 1.29 is 5.11 Å². The molecule has 0 bridgehead atoms. The molecule has 0 aliphatic rings. The van der Waals surface area contributed by atoms with E-state index >= 15 is 0 Å². The highest BCUT2D eigenvalue weighted by atomic mass is 79.9.